The molecule has 0 unspecified atom stereocenters. The molecule has 0 radical (unpaired) electrons. The van der Waals surface area contributed by atoms with Crippen molar-refractivity contribution in [3.8, 4) is 0 Å². The summed E-state index contributed by atoms with van der Waals surface area (Å²) in [6.07, 6.45) is 11.7. The van der Waals surface area contributed by atoms with Crippen molar-refractivity contribution in [3.05, 3.63) is 127 Å². The molecule has 0 spiro atoms. The lowest BCUT2D eigenvalue weighted by Gasteiger charge is -2.18. The highest BCUT2D eigenvalue weighted by atomic mass is 14.2. The largest absolute Gasteiger partial charge is 0.0991 e. The maximum Gasteiger partial charge on any atom is -0.00207 e. The third-order valence-corrected chi connectivity index (χ3v) is 4.68. The van der Waals surface area contributed by atoms with Crippen LogP contribution in [0.2, 0.25) is 0 Å². The van der Waals surface area contributed by atoms with Gasteiger partial charge in [-0.15, -0.1) is 0 Å². The molecule has 3 aromatic rings. The second-order valence-electron chi connectivity index (χ2n) is 6.33. The average molecular weight is 348 g/mol. The van der Waals surface area contributed by atoms with Gasteiger partial charge in [-0.25, -0.2) is 0 Å². The second-order valence-corrected chi connectivity index (χ2v) is 6.33. The Labute approximate surface area is 161 Å². The molecule has 0 fully saturated rings. The third-order valence-electron chi connectivity index (χ3n) is 4.68. The van der Waals surface area contributed by atoms with Crippen molar-refractivity contribution in [1.29, 1.82) is 0 Å². The molecule has 0 saturated carbocycles. The molecular weight excluding hydrogens is 324 g/mol. The van der Waals surface area contributed by atoms with Gasteiger partial charge in [-0.1, -0.05) is 105 Å². The van der Waals surface area contributed by atoms with E-state index in [9.17, 15) is 0 Å². The van der Waals surface area contributed by atoms with Crippen LogP contribution in [0.15, 0.2) is 122 Å². The maximum absolute atomic E-state index is 4.27. The van der Waals surface area contributed by atoms with Gasteiger partial charge < -0.3 is 0 Å². The minimum Gasteiger partial charge on any atom is -0.0991 e. The Morgan fingerprint density at radius 2 is 1.44 bits per heavy atom. The third kappa shape index (κ3) is 3.61. The van der Waals surface area contributed by atoms with E-state index in [4.69, 9.17) is 0 Å². The molecule has 0 bridgehead atoms. The fourth-order valence-corrected chi connectivity index (χ4v) is 3.52. The number of rotatable bonds is 6. The molecule has 0 aliphatic rings. The Morgan fingerprint density at radius 1 is 0.852 bits per heavy atom. The van der Waals surface area contributed by atoms with Crippen molar-refractivity contribution >= 4 is 27.1 Å². The first-order valence-electron chi connectivity index (χ1n) is 9.10. The number of fused-ring (bicyclic) bond motifs is 2. The maximum atomic E-state index is 4.27. The zero-order chi connectivity index (χ0) is 19.2. The lowest BCUT2D eigenvalue weighted by Crippen LogP contribution is -1.95. The number of hydrogen-bond acceptors (Lipinski definition) is 0. The monoisotopic (exact) mass is 348 g/mol. The summed E-state index contributed by atoms with van der Waals surface area (Å²) in [5.41, 5.74) is 4.38. The summed E-state index contributed by atoms with van der Waals surface area (Å²) < 4.78 is 0. The minimum atomic E-state index is 0.947. The van der Waals surface area contributed by atoms with Crippen molar-refractivity contribution < 1.29 is 0 Å². The predicted molar refractivity (Wildman–Crippen MR) is 122 cm³/mol. The van der Waals surface area contributed by atoms with Gasteiger partial charge in [-0.2, -0.15) is 0 Å². The van der Waals surface area contributed by atoms with E-state index in [-0.39, 0.29) is 0 Å². The molecule has 0 N–H and O–H groups in total. The van der Waals surface area contributed by atoms with Crippen LogP contribution in [0.5, 0.6) is 0 Å². The molecule has 0 aliphatic carbocycles. The van der Waals surface area contributed by atoms with Gasteiger partial charge in [0.2, 0.25) is 0 Å². The topological polar surface area (TPSA) is 0 Å². The summed E-state index contributed by atoms with van der Waals surface area (Å²) in [6, 6.07) is 19.3. The van der Waals surface area contributed by atoms with E-state index in [1.165, 1.54) is 27.1 Å². The first-order chi connectivity index (χ1) is 13.2. The molecule has 0 atom stereocenters. The van der Waals surface area contributed by atoms with E-state index in [1.807, 2.05) is 25.2 Å². The van der Waals surface area contributed by atoms with E-state index >= 15 is 0 Å². The lowest BCUT2D eigenvalue weighted by molar-refractivity contribution is 1.52. The molecule has 0 heterocycles. The summed E-state index contributed by atoms with van der Waals surface area (Å²) >= 11 is 0. The highest BCUT2D eigenvalue weighted by molar-refractivity contribution is 6.12. The molecule has 3 rings (SSSR count). The van der Waals surface area contributed by atoms with Crippen molar-refractivity contribution in [2.24, 2.45) is 0 Å². The fourth-order valence-electron chi connectivity index (χ4n) is 3.52. The van der Waals surface area contributed by atoms with Crippen molar-refractivity contribution in [2.45, 2.75) is 6.92 Å². The number of allylic oxidation sites excluding steroid dienone is 9. The predicted octanol–water partition coefficient (Wildman–Crippen LogP) is 7.81. The molecule has 3 aromatic carbocycles. The average Bonchev–Trinajstić information content (AvgIpc) is 2.70. The Hall–Kier alpha value is -3.38. The molecule has 0 heteroatoms. The quantitative estimate of drug-likeness (QED) is 0.315. The Bertz CT molecular complexity index is 1060. The van der Waals surface area contributed by atoms with Crippen LogP contribution in [0.1, 0.15) is 12.5 Å². The van der Waals surface area contributed by atoms with Crippen molar-refractivity contribution in [3.63, 3.8) is 0 Å². The van der Waals surface area contributed by atoms with Gasteiger partial charge in [0.05, 0.1) is 0 Å². The summed E-state index contributed by atoms with van der Waals surface area (Å²) in [5, 5.41) is 4.90. The molecule has 0 amide bonds. The number of benzene rings is 3. The highest BCUT2D eigenvalue weighted by Gasteiger charge is 2.15. The molecule has 0 nitrogen and oxygen atoms in total. The Kier molecular flexibility index (Phi) is 5.68. The van der Waals surface area contributed by atoms with Crippen LogP contribution < -0.4 is 0 Å². The van der Waals surface area contributed by atoms with Crippen LogP contribution in [0, 0.1) is 0 Å². The van der Waals surface area contributed by atoms with Crippen LogP contribution >= 0.6 is 0 Å². The summed E-state index contributed by atoms with van der Waals surface area (Å²) in [5.74, 6) is 0. The Balaban J connectivity index is 2.39. The standard InChI is InChI=1S/C27H24/c1-5-8-14-20(4)23(7-3)26(13-6-2)27-24-17-11-9-15-21(24)19-22-16-10-12-18-25(22)27/h5-19H,1-2,4H2,3H3/b14-8-,23-7-,26-13+. The van der Waals surface area contributed by atoms with E-state index in [0.717, 1.165) is 16.7 Å². The van der Waals surface area contributed by atoms with Gasteiger partial charge in [0.15, 0.2) is 0 Å². The zero-order valence-corrected chi connectivity index (χ0v) is 15.8. The van der Waals surface area contributed by atoms with Gasteiger partial charge in [0.1, 0.15) is 0 Å². The molecule has 132 valence electrons. The zero-order valence-electron chi connectivity index (χ0n) is 15.8. The van der Waals surface area contributed by atoms with E-state index in [0.29, 0.717) is 0 Å². The normalized spacial score (nSPS) is 12.6. The first-order valence-corrected chi connectivity index (χ1v) is 9.10. The van der Waals surface area contributed by atoms with E-state index in [2.05, 4.69) is 86.5 Å². The van der Waals surface area contributed by atoms with Gasteiger partial charge in [-0.3, -0.25) is 0 Å². The summed E-state index contributed by atoms with van der Waals surface area (Å²) in [4.78, 5) is 0. The molecule has 0 aromatic heterocycles. The minimum absolute atomic E-state index is 0.947. The van der Waals surface area contributed by atoms with Gasteiger partial charge >= 0.3 is 0 Å². The molecule has 27 heavy (non-hydrogen) atoms. The first kappa shape index (κ1) is 18.4. The van der Waals surface area contributed by atoms with Gasteiger partial charge in [-0.05, 0) is 56.8 Å². The van der Waals surface area contributed by atoms with E-state index < -0.39 is 0 Å². The van der Waals surface area contributed by atoms with E-state index in [1.54, 1.807) is 6.08 Å². The fraction of sp³-hybridized carbons (Fsp3) is 0.0370. The van der Waals surface area contributed by atoms with Gasteiger partial charge in [0.25, 0.3) is 0 Å². The van der Waals surface area contributed by atoms with Crippen LogP contribution in [-0.2, 0) is 0 Å². The molecular formula is C27H24. The van der Waals surface area contributed by atoms with Crippen molar-refractivity contribution in [1.82, 2.24) is 0 Å². The summed E-state index contributed by atoms with van der Waals surface area (Å²) in [7, 11) is 0. The summed E-state index contributed by atoms with van der Waals surface area (Å²) in [6.45, 7) is 14.0. The highest BCUT2D eigenvalue weighted by Crippen LogP contribution is 2.38. The van der Waals surface area contributed by atoms with Crippen LogP contribution in [0.3, 0.4) is 0 Å². The van der Waals surface area contributed by atoms with Gasteiger partial charge in [0, 0.05) is 0 Å². The Morgan fingerprint density at radius 3 is 1.96 bits per heavy atom. The molecule has 0 saturated heterocycles. The van der Waals surface area contributed by atoms with Crippen LogP contribution in [-0.4, -0.2) is 0 Å². The molecule has 0 aliphatic heterocycles. The van der Waals surface area contributed by atoms with Crippen molar-refractivity contribution in [2.75, 3.05) is 0 Å². The smallest absolute Gasteiger partial charge is 0.00207 e. The van der Waals surface area contributed by atoms with Crippen LogP contribution in [0.25, 0.3) is 27.1 Å². The SMILES string of the molecule is C=C/C=C\C(=C)C(=C/C)/C(=C\C=C)c1c2ccccc2cc2ccccc12. The second kappa shape index (κ2) is 8.33. The lowest BCUT2D eigenvalue weighted by atomic mass is 9.85. The number of hydrogen-bond donors (Lipinski definition) is 0. The van der Waals surface area contributed by atoms with Crippen LogP contribution in [0.4, 0.5) is 0 Å².